The summed E-state index contributed by atoms with van der Waals surface area (Å²) in [5.74, 6) is 0.602. The number of hydrogen-bond donors (Lipinski definition) is 2. The zero-order valence-electron chi connectivity index (χ0n) is 10.6. The number of fused-ring (bicyclic) bond motifs is 1. The van der Waals surface area contributed by atoms with E-state index in [-0.39, 0.29) is 5.91 Å². The summed E-state index contributed by atoms with van der Waals surface area (Å²) in [6.45, 7) is 2.41. The van der Waals surface area contributed by atoms with Crippen molar-refractivity contribution < 1.29 is 9.21 Å². The molecule has 4 nitrogen and oxygen atoms in total. The Morgan fingerprint density at radius 3 is 3.00 bits per heavy atom. The number of benzene rings is 1. The van der Waals surface area contributed by atoms with E-state index in [9.17, 15) is 4.79 Å². The van der Waals surface area contributed by atoms with Crippen molar-refractivity contribution in [1.82, 2.24) is 10.3 Å². The minimum Gasteiger partial charge on any atom is -0.467 e. The van der Waals surface area contributed by atoms with Gasteiger partial charge in [-0.05, 0) is 36.8 Å². The Balaban J connectivity index is 1.77. The van der Waals surface area contributed by atoms with E-state index in [4.69, 9.17) is 4.42 Å². The van der Waals surface area contributed by atoms with Crippen molar-refractivity contribution in [3.8, 4) is 0 Å². The van der Waals surface area contributed by atoms with Crippen LogP contribution in [0.4, 0.5) is 0 Å². The highest BCUT2D eigenvalue weighted by Gasteiger charge is 2.09. The van der Waals surface area contributed by atoms with Crippen LogP contribution in [0.25, 0.3) is 10.9 Å². The molecule has 2 heterocycles. The molecule has 4 heteroatoms. The molecule has 3 rings (SSSR count). The van der Waals surface area contributed by atoms with Crippen LogP contribution in [0.1, 0.15) is 21.8 Å². The second kappa shape index (κ2) is 4.65. The van der Waals surface area contributed by atoms with Crippen molar-refractivity contribution in [3.05, 3.63) is 59.7 Å². The molecule has 0 bridgehead atoms. The molecule has 0 aliphatic rings. The van der Waals surface area contributed by atoms with E-state index < -0.39 is 0 Å². The van der Waals surface area contributed by atoms with Gasteiger partial charge in [-0.15, -0.1) is 0 Å². The van der Waals surface area contributed by atoms with Gasteiger partial charge in [0.15, 0.2) is 0 Å². The highest BCUT2D eigenvalue weighted by Crippen LogP contribution is 2.16. The quantitative estimate of drug-likeness (QED) is 0.754. The van der Waals surface area contributed by atoms with Gasteiger partial charge in [0.25, 0.3) is 5.91 Å². The molecule has 19 heavy (non-hydrogen) atoms. The fourth-order valence-electron chi connectivity index (χ4n) is 2.04. The average molecular weight is 254 g/mol. The summed E-state index contributed by atoms with van der Waals surface area (Å²) in [4.78, 5) is 15.1. The molecule has 0 aliphatic carbocycles. The largest absolute Gasteiger partial charge is 0.467 e. The fourth-order valence-corrected chi connectivity index (χ4v) is 2.04. The maximum absolute atomic E-state index is 12.0. The first-order valence-corrected chi connectivity index (χ1v) is 6.12. The summed E-state index contributed by atoms with van der Waals surface area (Å²) in [6, 6.07) is 11.5. The number of H-pyrrole nitrogens is 1. The summed E-state index contributed by atoms with van der Waals surface area (Å²) >= 11 is 0. The lowest BCUT2D eigenvalue weighted by atomic mass is 10.2. The van der Waals surface area contributed by atoms with Gasteiger partial charge < -0.3 is 14.7 Å². The molecule has 1 aromatic carbocycles. The number of carbonyl (C=O) groups is 1. The molecule has 0 atom stereocenters. The van der Waals surface area contributed by atoms with E-state index in [2.05, 4.69) is 10.3 Å². The fraction of sp³-hybridized carbons (Fsp3) is 0.133. The highest BCUT2D eigenvalue weighted by atomic mass is 16.3. The number of aromatic nitrogens is 1. The van der Waals surface area contributed by atoms with Gasteiger partial charge in [-0.3, -0.25) is 4.79 Å². The van der Waals surface area contributed by atoms with Crippen LogP contribution >= 0.6 is 0 Å². The number of carbonyl (C=O) groups excluding carboxylic acids is 1. The predicted octanol–water partition coefficient (Wildman–Crippen LogP) is 3.00. The molecular formula is C15H14N2O2. The molecule has 96 valence electrons. The number of furan rings is 1. The predicted molar refractivity (Wildman–Crippen MR) is 72.9 cm³/mol. The van der Waals surface area contributed by atoms with Gasteiger partial charge in [-0.25, -0.2) is 0 Å². The molecule has 0 saturated carbocycles. The Morgan fingerprint density at radius 1 is 1.32 bits per heavy atom. The second-order valence-electron chi connectivity index (χ2n) is 4.54. The van der Waals surface area contributed by atoms with Gasteiger partial charge in [-0.1, -0.05) is 12.1 Å². The van der Waals surface area contributed by atoms with Crippen molar-refractivity contribution in [2.45, 2.75) is 13.5 Å². The number of nitrogens with one attached hydrogen (secondary N) is 2. The minimum atomic E-state index is -0.134. The van der Waals surface area contributed by atoms with Crippen LogP contribution < -0.4 is 5.32 Å². The molecule has 3 aromatic rings. The highest BCUT2D eigenvalue weighted by molar-refractivity contribution is 5.98. The third kappa shape index (κ3) is 2.38. The van der Waals surface area contributed by atoms with Crippen LogP contribution in [-0.4, -0.2) is 10.9 Å². The first kappa shape index (κ1) is 11.6. The molecule has 2 aromatic heterocycles. The first-order chi connectivity index (χ1) is 9.22. The van der Waals surface area contributed by atoms with Gasteiger partial charge >= 0.3 is 0 Å². The first-order valence-electron chi connectivity index (χ1n) is 6.12. The van der Waals surface area contributed by atoms with Crippen molar-refractivity contribution in [2.75, 3.05) is 0 Å². The normalized spacial score (nSPS) is 10.8. The maximum atomic E-state index is 12.0. The minimum absolute atomic E-state index is 0.134. The Bertz CT molecular complexity index is 711. The van der Waals surface area contributed by atoms with Crippen LogP contribution in [0.3, 0.4) is 0 Å². The number of rotatable bonds is 3. The number of hydrogen-bond acceptors (Lipinski definition) is 2. The van der Waals surface area contributed by atoms with E-state index in [1.54, 1.807) is 12.3 Å². The lowest BCUT2D eigenvalue weighted by molar-refractivity contribution is 0.0944. The second-order valence-corrected chi connectivity index (χ2v) is 4.54. The van der Waals surface area contributed by atoms with Crippen molar-refractivity contribution in [1.29, 1.82) is 0 Å². The van der Waals surface area contributed by atoms with Gasteiger partial charge in [0, 0.05) is 10.9 Å². The average Bonchev–Trinajstić information content (AvgIpc) is 3.04. The van der Waals surface area contributed by atoms with E-state index in [1.807, 2.05) is 37.3 Å². The zero-order valence-corrected chi connectivity index (χ0v) is 10.6. The Morgan fingerprint density at radius 2 is 2.21 bits per heavy atom. The smallest absolute Gasteiger partial charge is 0.268 e. The standard InChI is InChI=1S/C15H14N2O2/c1-10-4-5-11-8-14(17-13(11)7-10)15(18)16-9-12-3-2-6-19-12/h2-8,17H,9H2,1H3,(H,16,18). The number of aryl methyl sites for hydroxylation is 1. The van der Waals surface area contributed by atoms with E-state index in [0.29, 0.717) is 12.2 Å². The van der Waals surface area contributed by atoms with Crippen LogP contribution in [0.5, 0.6) is 0 Å². The summed E-state index contributed by atoms with van der Waals surface area (Å²) in [6.07, 6.45) is 1.59. The number of aromatic amines is 1. The van der Waals surface area contributed by atoms with Gasteiger partial charge in [0.05, 0.1) is 12.8 Å². The Hall–Kier alpha value is -2.49. The molecular weight excluding hydrogens is 240 g/mol. The van der Waals surface area contributed by atoms with Gasteiger partial charge in [0.2, 0.25) is 0 Å². The van der Waals surface area contributed by atoms with Gasteiger partial charge in [-0.2, -0.15) is 0 Å². The SMILES string of the molecule is Cc1ccc2cc(C(=O)NCc3ccco3)[nH]c2c1. The molecule has 0 saturated heterocycles. The Kier molecular flexibility index (Phi) is 2.83. The summed E-state index contributed by atoms with van der Waals surface area (Å²) in [5.41, 5.74) is 2.70. The van der Waals surface area contributed by atoms with E-state index in [1.165, 1.54) is 0 Å². The molecule has 0 fully saturated rings. The van der Waals surface area contributed by atoms with Crippen molar-refractivity contribution in [3.63, 3.8) is 0 Å². The third-order valence-electron chi connectivity index (χ3n) is 3.03. The van der Waals surface area contributed by atoms with Crippen LogP contribution in [-0.2, 0) is 6.54 Å². The lowest BCUT2D eigenvalue weighted by Gasteiger charge is -2.00. The number of amides is 1. The Labute approximate surface area is 110 Å². The summed E-state index contributed by atoms with van der Waals surface area (Å²) in [5, 5.41) is 3.85. The monoisotopic (exact) mass is 254 g/mol. The maximum Gasteiger partial charge on any atom is 0.268 e. The molecule has 2 N–H and O–H groups in total. The van der Waals surface area contributed by atoms with Crippen molar-refractivity contribution in [2.24, 2.45) is 0 Å². The topological polar surface area (TPSA) is 58.0 Å². The summed E-state index contributed by atoms with van der Waals surface area (Å²) in [7, 11) is 0. The lowest BCUT2D eigenvalue weighted by Crippen LogP contribution is -2.22. The molecule has 1 amide bonds. The van der Waals surface area contributed by atoms with Gasteiger partial charge in [0.1, 0.15) is 11.5 Å². The van der Waals surface area contributed by atoms with Crippen LogP contribution in [0, 0.1) is 6.92 Å². The van der Waals surface area contributed by atoms with E-state index >= 15 is 0 Å². The van der Waals surface area contributed by atoms with E-state index in [0.717, 1.165) is 22.2 Å². The third-order valence-corrected chi connectivity index (χ3v) is 3.03. The molecule has 0 aliphatic heterocycles. The van der Waals surface area contributed by atoms with Crippen LogP contribution in [0.2, 0.25) is 0 Å². The summed E-state index contributed by atoms with van der Waals surface area (Å²) < 4.78 is 5.17. The van der Waals surface area contributed by atoms with Crippen molar-refractivity contribution >= 4 is 16.8 Å². The molecule has 0 unspecified atom stereocenters. The zero-order chi connectivity index (χ0) is 13.2. The molecule has 0 radical (unpaired) electrons. The molecule has 0 spiro atoms. The van der Waals surface area contributed by atoms with Crippen LogP contribution in [0.15, 0.2) is 47.1 Å².